The second-order valence-corrected chi connectivity index (χ2v) is 11.8. The molecule has 1 nitrogen and oxygen atoms in total. The molecule has 2 rings (SSSR count). The van der Waals surface area contributed by atoms with Gasteiger partial charge in [0, 0.05) is 32.9 Å². The second kappa shape index (κ2) is 7.65. The van der Waals surface area contributed by atoms with E-state index >= 15 is 0 Å². The largest absolute Gasteiger partial charge is 0.201 e. The van der Waals surface area contributed by atoms with Crippen molar-refractivity contribution in [2.45, 2.75) is 104 Å². The lowest BCUT2D eigenvalue weighted by Crippen LogP contribution is -2.49. The summed E-state index contributed by atoms with van der Waals surface area (Å²) >= 11 is 0. The van der Waals surface area contributed by atoms with Gasteiger partial charge in [0.25, 0.3) is 0 Å². The van der Waals surface area contributed by atoms with Crippen LogP contribution in [0, 0.1) is 0 Å². The van der Waals surface area contributed by atoms with E-state index in [1.54, 1.807) is 0 Å². The molecule has 1 aromatic carbocycles. The number of rotatable bonds is 5. The standard InChI is InChI=1S/C27H42N/c1-24(2,3)21-11-13-22(14-12-21)26(7,8)17-18-27(9,10)23-15-19-28(20-16-23)25(4,5)6/h11-16,19-20H,17-18H2,1-10H3/q+1. The maximum absolute atomic E-state index is 2.38. The Labute approximate surface area is 174 Å². The van der Waals surface area contributed by atoms with Crippen molar-refractivity contribution in [2.75, 3.05) is 0 Å². The molecule has 0 aliphatic carbocycles. The van der Waals surface area contributed by atoms with Gasteiger partial charge < -0.3 is 0 Å². The molecule has 0 saturated carbocycles. The molecule has 0 bridgehead atoms. The summed E-state index contributed by atoms with van der Waals surface area (Å²) in [7, 11) is 0. The third kappa shape index (κ3) is 5.46. The van der Waals surface area contributed by atoms with Crippen molar-refractivity contribution in [2.24, 2.45) is 0 Å². The summed E-state index contributed by atoms with van der Waals surface area (Å²) in [5.41, 5.74) is 4.95. The first-order chi connectivity index (χ1) is 12.6. The summed E-state index contributed by atoms with van der Waals surface area (Å²) in [4.78, 5) is 0. The van der Waals surface area contributed by atoms with Crippen LogP contribution in [0.2, 0.25) is 0 Å². The van der Waals surface area contributed by atoms with Gasteiger partial charge in [0.15, 0.2) is 17.9 Å². The summed E-state index contributed by atoms with van der Waals surface area (Å²) in [6.45, 7) is 23.1. The normalized spacial score (nSPS) is 13.6. The van der Waals surface area contributed by atoms with Crippen molar-refractivity contribution in [3.05, 3.63) is 65.5 Å². The van der Waals surface area contributed by atoms with Crippen LogP contribution >= 0.6 is 0 Å². The first kappa shape index (κ1) is 22.7. The lowest BCUT2D eigenvalue weighted by atomic mass is 9.72. The summed E-state index contributed by atoms with van der Waals surface area (Å²) in [5, 5.41) is 0. The van der Waals surface area contributed by atoms with Crippen LogP contribution in [0.25, 0.3) is 0 Å². The predicted molar refractivity (Wildman–Crippen MR) is 122 cm³/mol. The van der Waals surface area contributed by atoms with Crippen molar-refractivity contribution in [1.29, 1.82) is 0 Å². The first-order valence-electron chi connectivity index (χ1n) is 10.8. The zero-order valence-electron chi connectivity index (χ0n) is 20.0. The Morgan fingerprint density at radius 1 is 0.536 bits per heavy atom. The molecular formula is C27H42N+. The van der Waals surface area contributed by atoms with E-state index < -0.39 is 0 Å². The van der Waals surface area contributed by atoms with Crippen molar-refractivity contribution < 1.29 is 4.57 Å². The molecule has 0 aliphatic heterocycles. The molecule has 1 heteroatoms. The van der Waals surface area contributed by atoms with Gasteiger partial charge in [-0.25, -0.2) is 4.57 Å². The van der Waals surface area contributed by atoms with E-state index in [4.69, 9.17) is 0 Å². The molecule has 0 unspecified atom stereocenters. The Balaban J connectivity index is 2.12. The third-order valence-electron chi connectivity index (χ3n) is 6.29. The van der Waals surface area contributed by atoms with E-state index in [1.165, 1.54) is 29.5 Å². The molecule has 0 N–H and O–H groups in total. The lowest BCUT2D eigenvalue weighted by molar-refractivity contribution is -0.754. The Hall–Kier alpha value is -1.63. The van der Waals surface area contributed by atoms with E-state index in [0.29, 0.717) is 0 Å². The highest BCUT2D eigenvalue weighted by atomic mass is 15.0. The van der Waals surface area contributed by atoms with Crippen LogP contribution in [0.3, 0.4) is 0 Å². The number of hydrogen-bond donors (Lipinski definition) is 0. The molecule has 0 aliphatic rings. The number of nitrogens with zero attached hydrogens (tertiary/aromatic N) is 1. The number of benzene rings is 1. The van der Waals surface area contributed by atoms with E-state index in [2.05, 4.69) is 123 Å². The van der Waals surface area contributed by atoms with E-state index in [1.807, 2.05) is 0 Å². The smallest absolute Gasteiger partial charge is 0.169 e. The molecule has 1 aromatic heterocycles. The fraction of sp³-hybridized carbons (Fsp3) is 0.593. The number of hydrogen-bond acceptors (Lipinski definition) is 0. The van der Waals surface area contributed by atoms with E-state index in [-0.39, 0.29) is 21.8 Å². The quantitative estimate of drug-likeness (QED) is 0.489. The summed E-state index contributed by atoms with van der Waals surface area (Å²) in [5.74, 6) is 0. The van der Waals surface area contributed by atoms with Gasteiger partial charge in [-0.2, -0.15) is 0 Å². The second-order valence-electron chi connectivity index (χ2n) is 11.8. The van der Waals surface area contributed by atoms with Crippen molar-refractivity contribution in [3.63, 3.8) is 0 Å². The third-order valence-corrected chi connectivity index (χ3v) is 6.29. The minimum absolute atomic E-state index is 0.129. The van der Waals surface area contributed by atoms with Crippen LogP contribution in [0.1, 0.15) is 98.8 Å². The fourth-order valence-electron chi connectivity index (χ4n) is 3.66. The molecular weight excluding hydrogens is 338 g/mol. The van der Waals surface area contributed by atoms with E-state index in [0.717, 1.165) is 0 Å². The molecule has 28 heavy (non-hydrogen) atoms. The van der Waals surface area contributed by atoms with Crippen LogP contribution in [-0.4, -0.2) is 0 Å². The van der Waals surface area contributed by atoms with Gasteiger partial charge in [-0.15, -0.1) is 0 Å². The number of pyridine rings is 1. The highest BCUT2D eigenvalue weighted by molar-refractivity contribution is 5.31. The fourth-order valence-corrected chi connectivity index (χ4v) is 3.66. The predicted octanol–water partition coefficient (Wildman–Crippen LogP) is 7.06. The first-order valence-corrected chi connectivity index (χ1v) is 10.8. The molecule has 2 aromatic rings. The monoisotopic (exact) mass is 380 g/mol. The minimum atomic E-state index is 0.129. The van der Waals surface area contributed by atoms with Crippen LogP contribution in [0.5, 0.6) is 0 Å². The maximum atomic E-state index is 2.38. The highest BCUT2D eigenvalue weighted by Gasteiger charge is 2.29. The van der Waals surface area contributed by atoms with Gasteiger partial charge in [0.05, 0.1) is 0 Å². The molecule has 0 fully saturated rings. The Bertz CT molecular complexity index is 693. The van der Waals surface area contributed by atoms with Gasteiger partial charge in [0.1, 0.15) is 0 Å². The van der Waals surface area contributed by atoms with Crippen LogP contribution in [0.15, 0.2) is 48.8 Å². The van der Waals surface area contributed by atoms with Crippen LogP contribution in [-0.2, 0) is 21.8 Å². The summed E-state index contributed by atoms with van der Waals surface area (Å²) in [6, 6.07) is 13.9. The molecule has 0 atom stereocenters. The van der Waals surface area contributed by atoms with Gasteiger partial charge in [-0.1, -0.05) is 72.7 Å². The molecule has 0 spiro atoms. The van der Waals surface area contributed by atoms with Gasteiger partial charge in [0.2, 0.25) is 0 Å². The average Bonchev–Trinajstić information content (AvgIpc) is 2.59. The summed E-state index contributed by atoms with van der Waals surface area (Å²) < 4.78 is 2.29. The summed E-state index contributed by atoms with van der Waals surface area (Å²) in [6.07, 6.45) is 6.80. The molecule has 0 saturated heterocycles. The van der Waals surface area contributed by atoms with Crippen molar-refractivity contribution in [1.82, 2.24) is 0 Å². The zero-order chi connectivity index (χ0) is 21.4. The van der Waals surface area contributed by atoms with Crippen LogP contribution < -0.4 is 4.57 Å². The van der Waals surface area contributed by atoms with Crippen molar-refractivity contribution in [3.8, 4) is 0 Å². The SMILES string of the molecule is CC(C)(C)c1ccc(C(C)(C)CCC(C)(C)c2cc[n+](C(C)(C)C)cc2)cc1. The number of aromatic nitrogens is 1. The Morgan fingerprint density at radius 2 is 0.893 bits per heavy atom. The minimum Gasteiger partial charge on any atom is -0.201 e. The average molecular weight is 381 g/mol. The Kier molecular flexibility index (Phi) is 6.19. The maximum Gasteiger partial charge on any atom is 0.169 e. The molecule has 0 radical (unpaired) electrons. The zero-order valence-corrected chi connectivity index (χ0v) is 20.0. The van der Waals surface area contributed by atoms with Gasteiger partial charge >= 0.3 is 0 Å². The van der Waals surface area contributed by atoms with Crippen molar-refractivity contribution >= 4 is 0 Å². The molecule has 1 heterocycles. The Morgan fingerprint density at radius 3 is 1.25 bits per heavy atom. The van der Waals surface area contributed by atoms with Crippen LogP contribution in [0.4, 0.5) is 0 Å². The topological polar surface area (TPSA) is 3.88 Å². The molecule has 154 valence electrons. The van der Waals surface area contributed by atoms with Gasteiger partial charge in [-0.05, 0) is 45.8 Å². The highest BCUT2D eigenvalue weighted by Crippen LogP contribution is 2.36. The lowest BCUT2D eigenvalue weighted by Gasteiger charge is -2.32. The molecule has 0 amide bonds. The van der Waals surface area contributed by atoms with E-state index in [9.17, 15) is 0 Å². The van der Waals surface area contributed by atoms with Gasteiger partial charge in [-0.3, -0.25) is 0 Å².